The van der Waals surface area contributed by atoms with E-state index < -0.39 is 5.97 Å². The molecule has 0 radical (unpaired) electrons. The van der Waals surface area contributed by atoms with Gasteiger partial charge in [-0.25, -0.2) is 4.79 Å². The summed E-state index contributed by atoms with van der Waals surface area (Å²) in [6, 6.07) is 4.87. The molecule has 0 unspecified atom stereocenters. The van der Waals surface area contributed by atoms with Crippen molar-refractivity contribution in [3.63, 3.8) is 0 Å². The molecule has 1 rings (SSSR count). The second kappa shape index (κ2) is 7.55. The minimum atomic E-state index is -0.466. The normalized spacial score (nSPS) is 10.1. The third kappa shape index (κ3) is 4.25. The largest absolute Gasteiger partial charge is 0.497 e. The highest BCUT2D eigenvalue weighted by molar-refractivity contribution is 5.95. The van der Waals surface area contributed by atoms with Crippen molar-refractivity contribution in [2.45, 2.75) is 13.3 Å². The predicted octanol–water partition coefficient (Wildman–Crippen LogP) is 1.86. The molecule has 0 saturated carbocycles. The Kier molecular flexibility index (Phi) is 6.00. The maximum atomic E-state index is 11.8. The van der Waals surface area contributed by atoms with Crippen LogP contribution < -0.4 is 10.5 Å². The summed E-state index contributed by atoms with van der Waals surface area (Å²) < 4.78 is 15.3. The molecule has 0 saturated heterocycles. The van der Waals surface area contributed by atoms with Crippen molar-refractivity contribution in [2.24, 2.45) is 0 Å². The van der Waals surface area contributed by atoms with E-state index in [1.54, 1.807) is 18.2 Å². The summed E-state index contributed by atoms with van der Waals surface area (Å²) in [7, 11) is 1.53. The smallest absolute Gasteiger partial charge is 0.340 e. The average Bonchev–Trinajstić information content (AvgIpc) is 2.39. The van der Waals surface area contributed by atoms with Crippen LogP contribution in [-0.4, -0.2) is 32.9 Å². The van der Waals surface area contributed by atoms with Gasteiger partial charge in [0.05, 0.1) is 19.3 Å². The van der Waals surface area contributed by atoms with Crippen molar-refractivity contribution in [1.82, 2.24) is 0 Å². The quantitative estimate of drug-likeness (QED) is 0.456. The molecule has 1 aromatic carbocycles. The molecule has 0 bridgehead atoms. The van der Waals surface area contributed by atoms with Gasteiger partial charge in [0.25, 0.3) is 0 Å². The summed E-state index contributed by atoms with van der Waals surface area (Å²) in [4.78, 5) is 11.8. The molecule has 0 aliphatic carbocycles. The fraction of sp³-hybridized carbons (Fsp3) is 0.462. The van der Waals surface area contributed by atoms with E-state index in [1.807, 2.05) is 6.92 Å². The number of anilines is 1. The van der Waals surface area contributed by atoms with Crippen molar-refractivity contribution in [2.75, 3.05) is 32.7 Å². The van der Waals surface area contributed by atoms with Gasteiger partial charge in [-0.2, -0.15) is 0 Å². The van der Waals surface area contributed by atoms with Crippen LogP contribution in [0.2, 0.25) is 0 Å². The number of nitrogen functional groups attached to an aromatic ring is 1. The van der Waals surface area contributed by atoms with E-state index in [2.05, 4.69) is 0 Å². The number of nitrogens with two attached hydrogens (primary N) is 1. The van der Waals surface area contributed by atoms with Gasteiger partial charge in [-0.3, -0.25) is 0 Å². The van der Waals surface area contributed by atoms with Crippen LogP contribution in [0.25, 0.3) is 0 Å². The molecule has 0 atom stereocenters. The SMILES string of the molecule is CCCOCCOC(=O)c1cc(OC)ccc1N. The van der Waals surface area contributed by atoms with Crippen LogP contribution in [0.1, 0.15) is 23.7 Å². The van der Waals surface area contributed by atoms with Crippen molar-refractivity contribution in [1.29, 1.82) is 0 Å². The van der Waals surface area contributed by atoms with E-state index in [0.29, 0.717) is 30.2 Å². The lowest BCUT2D eigenvalue weighted by molar-refractivity contribution is 0.0319. The molecule has 2 N–H and O–H groups in total. The van der Waals surface area contributed by atoms with Gasteiger partial charge < -0.3 is 19.9 Å². The van der Waals surface area contributed by atoms with Crippen LogP contribution in [-0.2, 0) is 9.47 Å². The number of ether oxygens (including phenoxy) is 3. The van der Waals surface area contributed by atoms with Gasteiger partial charge in [-0.1, -0.05) is 6.92 Å². The Morgan fingerprint density at radius 3 is 2.72 bits per heavy atom. The maximum absolute atomic E-state index is 11.8. The van der Waals surface area contributed by atoms with Crippen LogP contribution in [0, 0.1) is 0 Å². The molecule has 0 heterocycles. The van der Waals surface area contributed by atoms with Gasteiger partial charge in [0, 0.05) is 12.3 Å². The van der Waals surface area contributed by atoms with E-state index in [-0.39, 0.29) is 6.61 Å². The number of hydrogen-bond donors (Lipinski definition) is 1. The second-order valence-electron chi connectivity index (χ2n) is 3.70. The van der Waals surface area contributed by atoms with Gasteiger partial charge in [0.15, 0.2) is 0 Å². The molecule has 1 aromatic rings. The summed E-state index contributed by atoms with van der Waals surface area (Å²) in [5.74, 6) is 0.102. The van der Waals surface area contributed by atoms with E-state index in [0.717, 1.165) is 6.42 Å². The third-order valence-electron chi connectivity index (χ3n) is 2.29. The first-order valence-electron chi connectivity index (χ1n) is 5.87. The summed E-state index contributed by atoms with van der Waals surface area (Å²) in [5, 5.41) is 0. The number of methoxy groups -OCH3 is 1. The summed E-state index contributed by atoms with van der Waals surface area (Å²) in [6.45, 7) is 3.29. The van der Waals surface area contributed by atoms with Gasteiger partial charge in [-0.05, 0) is 24.6 Å². The lowest BCUT2D eigenvalue weighted by Crippen LogP contribution is -2.13. The molecule has 5 heteroatoms. The Labute approximate surface area is 107 Å². The first-order chi connectivity index (χ1) is 8.69. The Balaban J connectivity index is 2.50. The van der Waals surface area contributed by atoms with Crippen LogP contribution in [0.3, 0.4) is 0 Å². The highest BCUT2D eigenvalue weighted by Gasteiger charge is 2.12. The Bertz CT molecular complexity index is 393. The molecule has 5 nitrogen and oxygen atoms in total. The number of carbonyl (C=O) groups excluding carboxylic acids is 1. The van der Waals surface area contributed by atoms with E-state index in [9.17, 15) is 4.79 Å². The number of hydrogen-bond acceptors (Lipinski definition) is 5. The van der Waals surface area contributed by atoms with E-state index in [1.165, 1.54) is 7.11 Å². The summed E-state index contributed by atoms with van der Waals surface area (Å²) in [5.41, 5.74) is 6.39. The summed E-state index contributed by atoms with van der Waals surface area (Å²) in [6.07, 6.45) is 0.941. The van der Waals surface area contributed by atoms with Crippen LogP contribution in [0.5, 0.6) is 5.75 Å². The lowest BCUT2D eigenvalue weighted by Gasteiger charge is -2.08. The maximum Gasteiger partial charge on any atom is 0.340 e. The molecule has 18 heavy (non-hydrogen) atoms. The standard InChI is InChI=1S/C13H19NO4/c1-3-6-17-7-8-18-13(15)11-9-10(16-2)4-5-12(11)14/h4-5,9H,3,6-8,14H2,1-2H3. The Hall–Kier alpha value is -1.75. The molecular formula is C13H19NO4. The lowest BCUT2D eigenvalue weighted by atomic mass is 10.2. The first-order valence-corrected chi connectivity index (χ1v) is 5.87. The first kappa shape index (κ1) is 14.3. The van der Waals surface area contributed by atoms with Crippen molar-refractivity contribution in [3.05, 3.63) is 23.8 Å². The van der Waals surface area contributed by atoms with Crippen LogP contribution in [0.15, 0.2) is 18.2 Å². The van der Waals surface area contributed by atoms with E-state index in [4.69, 9.17) is 19.9 Å². The number of benzene rings is 1. The monoisotopic (exact) mass is 253 g/mol. The number of carbonyl (C=O) groups is 1. The number of esters is 1. The van der Waals surface area contributed by atoms with Gasteiger partial charge in [0.2, 0.25) is 0 Å². The zero-order valence-electron chi connectivity index (χ0n) is 10.8. The van der Waals surface area contributed by atoms with E-state index >= 15 is 0 Å². The molecule has 0 aliphatic heterocycles. The van der Waals surface area contributed by atoms with Gasteiger partial charge >= 0.3 is 5.97 Å². The zero-order chi connectivity index (χ0) is 13.4. The van der Waals surface area contributed by atoms with Crippen LogP contribution in [0.4, 0.5) is 5.69 Å². The minimum Gasteiger partial charge on any atom is -0.497 e. The topological polar surface area (TPSA) is 70.8 Å². The zero-order valence-corrected chi connectivity index (χ0v) is 10.8. The molecular weight excluding hydrogens is 234 g/mol. The van der Waals surface area contributed by atoms with Gasteiger partial charge in [0.1, 0.15) is 12.4 Å². The van der Waals surface area contributed by atoms with Gasteiger partial charge in [-0.15, -0.1) is 0 Å². The Morgan fingerprint density at radius 2 is 2.06 bits per heavy atom. The molecule has 0 aliphatic rings. The van der Waals surface area contributed by atoms with Crippen molar-refractivity contribution in [3.8, 4) is 5.75 Å². The Morgan fingerprint density at radius 1 is 1.28 bits per heavy atom. The minimum absolute atomic E-state index is 0.218. The van der Waals surface area contributed by atoms with Crippen LogP contribution >= 0.6 is 0 Å². The molecule has 0 amide bonds. The molecule has 0 fully saturated rings. The van der Waals surface area contributed by atoms with Crippen molar-refractivity contribution < 1.29 is 19.0 Å². The number of rotatable bonds is 7. The molecule has 0 aromatic heterocycles. The highest BCUT2D eigenvalue weighted by atomic mass is 16.6. The fourth-order valence-corrected chi connectivity index (χ4v) is 1.36. The molecule has 0 spiro atoms. The molecule has 100 valence electrons. The third-order valence-corrected chi connectivity index (χ3v) is 2.29. The average molecular weight is 253 g/mol. The predicted molar refractivity (Wildman–Crippen MR) is 68.8 cm³/mol. The van der Waals surface area contributed by atoms with Crippen molar-refractivity contribution >= 4 is 11.7 Å². The fourth-order valence-electron chi connectivity index (χ4n) is 1.36. The highest BCUT2D eigenvalue weighted by Crippen LogP contribution is 2.20. The second-order valence-corrected chi connectivity index (χ2v) is 3.70. The summed E-state index contributed by atoms with van der Waals surface area (Å²) >= 11 is 0.